The maximum Gasteiger partial charge on any atom is 0.274 e. The van der Waals surface area contributed by atoms with Crippen molar-refractivity contribution in [2.45, 2.75) is 13.3 Å². The highest BCUT2D eigenvalue weighted by atomic mass is 16.5. The molecule has 0 bridgehead atoms. The van der Waals surface area contributed by atoms with E-state index in [4.69, 9.17) is 10.5 Å². The van der Waals surface area contributed by atoms with Crippen molar-refractivity contribution in [1.82, 2.24) is 14.7 Å². The van der Waals surface area contributed by atoms with Gasteiger partial charge in [-0.25, -0.2) is 0 Å². The van der Waals surface area contributed by atoms with E-state index in [1.54, 1.807) is 33.0 Å². The number of nitrogen functional groups attached to an aromatic ring is 1. The Balaban J connectivity index is 2.75. The summed E-state index contributed by atoms with van der Waals surface area (Å²) >= 11 is 0. The first-order valence-electron chi connectivity index (χ1n) is 5.52. The van der Waals surface area contributed by atoms with E-state index >= 15 is 0 Å². The molecule has 0 aliphatic rings. The predicted octanol–water partition coefficient (Wildman–Crippen LogP) is 0.419. The number of hydrogen-bond acceptors (Lipinski definition) is 4. The van der Waals surface area contributed by atoms with Crippen LogP contribution in [0.25, 0.3) is 0 Å². The second-order valence-electron chi connectivity index (χ2n) is 4.04. The highest BCUT2D eigenvalue weighted by molar-refractivity contribution is 5.97. The second-order valence-corrected chi connectivity index (χ2v) is 4.04. The number of nitrogens with two attached hydrogens (primary N) is 1. The number of nitrogens with zero attached hydrogens (tertiary/aromatic N) is 3. The van der Waals surface area contributed by atoms with Crippen LogP contribution in [0.5, 0.6) is 0 Å². The molecular weight excluding hydrogens is 220 g/mol. The molecule has 0 fully saturated rings. The van der Waals surface area contributed by atoms with E-state index in [9.17, 15) is 4.79 Å². The summed E-state index contributed by atoms with van der Waals surface area (Å²) in [5, 5.41) is 4.13. The molecule has 0 aromatic carbocycles. The molecule has 0 spiro atoms. The van der Waals surface area contributed by atoms with Gasteiger partial charge in [-0.05, 0) is 13.3 Å². The van der Waals surface area contributed by atoms with E-state index in [1.165, 1.54) is 4.68 Å². The first-order valence-corrected chi connectivity index (χ1v) is 5.52. The Hall–Kier alpha value is -1.56. The predicted molar refractivity (Wildman–Crippen MR) is 65.8 cm³/mol. The Morgan fingerprint density at radius 3 is 2.71 bits per heavy atom. The van der Waals surface area contributed by atoms with Crippen LogP contribution < -0.4 is 5.73 Å². The zero-order chi connectivity index (χ0) is 13.0. The Labute approximate surface area is 101 Å². The van der Waals surface area contributed by atoms with E-state index in [2.05, 4.69) is 5.10 Å². The largest absolute Gasteiger partial charge is 0.395 e. The number of ether oxygens (including phenoxy) is 1. The Morgan fingerprint density at radius 2 is 2.24 bits per heavy atom. The van der Waals surface area contributed by atoms with Crippen molar-refractivity contribution in [2.75, 3.05) is 33.0 Å². The minimum Gasteiger partial charge on any atom is -0.395 e. The molecule has 0 atom stereocenters. The number of carbonyl (C=O) groups is 1. The minimum atomic E-state index is -0.110. The van der Waals surface area contributed by atoms with Crippen molar-refractivity contribution in [3.05, 3.63) is 11.4 Å². The SMILES string of the molecule is COCCCN(C)C(=O)c1c(N)c(C)nn1C. The third kappa shape index (κ3) is 2.97. The van der Waals surface area contributed by atoms with Crippen molar-refractivity contribution in [3.8, 4) is 0 Å². The van der Waals surface area contributed by atoms with Gasteiger partial charge in [-0.2, -0.15) is 5.10 Å². The summed E-state index contributed by atoms with van der Waals surface area (Å²) in [5.74, 6) is -0.110. The van der Waals surface area contributed by atoms with E-state index in [-0.39, 0.29) is 5.91 Å². The number of hydrogen-bond donors (Lipinski definition) is 1. The summed E-state index contributed by atoms with van der Waals surface area (Å²) in [7, 11) is 5.11. The summed E-state index contributed by atoms with van der Waals surface area (Å²) in [4.78, 5) is 13.8. The molecule has 0 aliphatic carbocycles. The molecular formula is C11H20N4O2. The molecule has 0 saturated carbocycles. The van der Waals surface area contributed by atoms with E-state index < -0.39 is 0 Å². The van der Waals surface area contributed by atoms with Gasteiger partial charge in [0.05, 0.1) is 11.4 Å². The molecule has 0 radical (unpaired) electrons. The zero-order valence-corrected chi connectivity index (χ0v) is 10.9. The number of methoxy groups -OCH3 is 1. The maximum atomic E-state index is 12.1. The summed E-state index contributed by atoms with van der Waals surface area (Å²) < 4.78 is 6.48. The molecule has 17 heavy (non-hydrogen) atoms. The van der Waals surface area contributed by atoms with Crippen LogP contribution in [0.15, 0.2) is 0 Å². The molecule has 96 valence electrons. The second kappa shape index (κ2) is 5.67. The van der Waals surface area contributed by atoms with Crippen LogP contribution in [0.4, 0.5) is 5.69 Å². The lowest BCUT2D eigenvalue weighted by molar-refractivity contribution is 0.0769. The van der Waals surface area contributed by atoms with Crippen molar-refractivity contribution >= 4 is 11.6 Å². The van der Waals surface area contributed by atoms with Crippen LogP contribution in [-0.4, -0.2) is 47.9 Å². The van der Waals surface area contributed by atoms with Crippen molar-refractivity contribution < 1.29 is 9.53 Å². The topological polar surface area (TPSA) is 73.4 Å². The number of anilines is 1. The van der Waals surface area contributed by atoms with Gasteiger partial charge < -0.3 is 15.4 Å². The lowest BCUT2D eigenvalue weighted by atomic mass is 10.2. The number of amides is 1. The standard InChI is InChI=1S/C11H20N4O2/c1-8-9(12)10(15(3)13-8)11(16)14(2)6-5-7-17-4/h5-7,12H2,1-4H3. The van der Waals surface area contributed by atoms with Gasteiger partial charge in [0.25, 0.3) is 5.91 Å². The molecule has 0 unspecified atom stereocenters. The maximum absolute atomic E-state index is 12.1. The average molecular weight is 240 g/mol. The molecule has 0 saturated heterocycles. The number of aryl methyl sites for hydroxylation is 2. The number of carbonyl (C=O) groups excluding carboxylic acids is 1. The lowest BCUT2D eigenvalue weighted by Gasteiger charge is -2.17. The normalized spacial score (nSPS) is 10.6. The van der Waals surface area contributed by atoms with E-state index in [0.29, 0.717) is 30.2 Å². The van der Waals surface area contributed by atoms with Gasteiger partial charge in [0.15, 0.2) is 0 Å². The van der Waals surface area contributed by atoms with Crippen LogP contribution in [0.3, 0.4) is 0 Å². The molecule has 1 aromatic rings. The van der Waals surface area contributed by atoms with Crippen molar-refractivity contribution in [2.24, 2.45) is 7.05 Å². The smallest absolute Gasteiger partial charge is 0.274 e. The van der Waals surface area contributed by atoms with Gasteiger partial charge in [-0.15, -0.1) is 0 Å². The first-order chi connectivity index (χ1) is 7.99. The molecule has 2 N–H and O–H groups in total. The van der Waals surface area contributed by atoms with Crippen molar-refractivity contribution in [3.63, 3.8) is 0 Å². The first kappa shape index (κ1) is 13.5. The summed E-state index contributed by atoms with van der Waals surface area (Å²) in [5.41, 5.74) is 7.42. The lowest BCUT2D eigenvalue weighted by Crippen LogP contribution is -2.30. The minimum absolute atomic E-state index is 0.110. The molecule has 6 nitrogen and oxygen atoms in total. The number of aromatic nitrogens is 2. The summed E-state index contributed by atoms with van der Waals surface area (Å²) in [6, 6.07) is 0. The molecule has 1 rings (SSSR count). The highest BCUT2D eigenvalue weighted by Crippen LogP contribution is 2.16. The molecule has 1 amide bonds. The third-order valence-corrected chi connectivity index (χ3v) is 2.66. The van der Waals surface area contributed by atoms with Gasteiger partial charge in [-0.1, -0.05) is 0 Å². The number of rotatable bonds is 5. The monoisotopic (exact) mass is 240 g/mol. The summed E-state index contributed by atoms with van der Waals surface area (Å²) in [6.45, 7) is 3.06. The van der Waals surface area contributed by atoms with Gasteiger partial charge in [0.2, 0.25) is 0 Å². The van der Waals surface area contributed by atoms with Gasteiger partial charge in [0.1, 0.15) is 5.69 Å². The van der Waals surface area contributed by atoms with Crippen LogP contribution >= 0.6 is 0 Å². The molecule has 1 aromatic heterocycles. The van der Waals surface area contributed by atoms with Gasteiger partial charge in [-0.3, -0.25) is 9.48 Å². The van der Waals surface area contributed by atoms with E-state index in [0.717, 1.165) is 6.42 Å². The molecule has 1 heterocycles. The molecule has 6 heteroatoms. The van der Waals surface area contributed by atoms with Gasteiger partial charge >= 0.3 is 0 Å². The fourth-order valence-electron chi connectivity index (χ4n) is 1.66. The van der Waals surface area contributed by atoms with Crippen LogP contribution in [-0.2, 0) is 11.8 Å². The Morgan fingerprint density at radius 1 is 1.59 bits per heavy atom. The van der Waals surface area contributed by atoms with Crippen LogP contribution in [0.2, 0.25) is 0 Å². The average Bonchev–Trinajstić information content (AvgIpc) is 2.52. The van der Waals surface area contributed by atoms with E-state index in [1.807, 2.05) is 0 Å². The summed E-state index contributed by atoms with van der Waals surface area (Å²) in [6.07, 6.45) is 0.801. The Kier molecular flexibility index (Phi) is 4.51. The van der Waals surface area contributed by atoms with Gasteiger partial charge in [0, 0.05) is 34.4 Å². The van der Waals surface area contributed by atoms with Crippen LogP contribution in [0, 0.1) is 6.92 Å². The molecule has 0 aliphatic heterocycles. The third-order valence-electron chi connectivity index (χ3n) is 2.66. The zero-order valence-electron chi connectivity index (χ0n) is 10.9. The Bertz CT molecular complexity index is 400. The fraction of sp³-hybridized carbons (Fsp3) is 0.636. The van der Waals surface area contributed by atoms with Crippen molar-refractivity contribution in [1.29, 1.82) is 0 Å². The quantitative estimate of drug-likeness (QED) is 0.757. The highest BCUT2D eigenvalue weighted by Gasteiger charge is 2.20. The van der Waals surface area contributed by atoms with Crippen LogP contribution in [0.1, 0.15) is 22.6 Å². The fourth-order valence-corrected chi connectivity index (χ4v) is 1.66.